The third-order valence-corrected chi connectivity index (χ3v) is 5.40. The van der Waals surface area contributed by atoms with E-state index in [1.165, 1.54) is 6.33 Å². The summed E-state index contributed by atoms with van der Waals surface area (Å²) in [7, 11) is 1.64. The zero-order valence-electron chi connectivity index (χ0n) is 18.2. The van der Waals surface area contributed by atoms with Crippen LogP contribution in [0.4, 0.5) is 11.5 Å². The first-order valence-electron chi connectivity index (χ1n) is 10.5. The second-order valence-corrected chi connectivity index (χ2v) is 7.62. The monoisotopic (exact) mass is 409 g/mol. The maximum Gasteiger partial charge on any atom is 0.162 e. The lowest BCUT2D eigenvalue weighted by Crippen LogP contribution is -2.19. The van der Waals surface area contributed by atoms with E-state index in [4.69, 9.17) is 9.47 Å². The number of benzene rings is 2. The molecular formula is C24H31N3O3. The van der Waals surface area contributed by atoms with Gasteiger partial charge in [-0.1, -0.05) is 39.3 Å². The summed E-state index contributed by atoms with van der Waals surface area (Å²) in [5.41, 5.74) is 2.45. The lowest BCUT2D eigenvalue weighted by atomic mass is 9.99. The van der Waals surface area contributed by atoms with Crippen LogP contribution in [-0.4, -0.2) is 28.3 Å². The molecule has 1 aromatic heterocycles. The van der Waals surface area contributed by atoms with Crippen LogP contribution >= 0.6 is 0 Å². The van der Waals surface area contributed by atoms with Crippen molar-refractivity contribution in [1.29, 1.82) is 0 Å². The van der Waals surface area contributed by atoms with E-state index in [0.29, 0.717) is 23.2 Å². The smallest absolute Gasteiger partial charge is 0.162 e. The van der Waals surface area contributed by atoms with Gasteiger partial charge in [-0.15, -0.1) is 0 Å². The molecule has 0 saturated heterocycles. The average Bonchev–Trinajstić information content (AvgIpc) is 2.78. The zero-order valence-corrected chi connectivity index (χ0v) is 18.2. The fourth-order valence-corrected chi connectivity index (χ4v) is 3.39. The number of nitrogens with zero attached hydrogens (tertiary/aromatic N) is 2. The Hall–Kier alpha value is -2.86. The van der Waals surface area contributed by atoms with Gasteiger partial charge in [-0.3, -0.25) is 0 Å². The van der Waals surface area contributed by atoms with Gasteiger partial charge < -0.3 is 19.9 Å². The maximum absolute atomic E-state index is 9.40. The third kappa shape index (κ3) is 5.19. The largest absolute Gasteiger partial charge is 0.493 e. The summed E-state index contributed by atoms with van der Waals surface area (Å²) in [4.78, 5) is 8.84. The molecule has 0 spiro atoms. The minimum Gasteiger partial charge on any atom is -0.493 e. The number of aliphatic hydroxyl groups is 1. The highest BCUT2D eigenvalue weighted by Crippen LogP contribution is 2.36. The molecule has 0 bridgehead atoms. The van der Waals surface area contributed by atoms with Gasteiger partial charge in [0.1, 0.15) is 12.1 Å². The molecule has 0 fully saturated rings. The molecule has 0 aliphatic carbocycles. The van der Waals surface area contributed by atoms with Crippen LogP contribution in [0.25, 0.3) is 10.9 Å². The highest BCUT2D eigenvalue weighted by molar-refractivity contribution is 5.93. The fraction of sp³-hybridized carbons (Fsp3) is 0.417. The van der Waals surface area contributed by atoms with Crippen molar-refractivity contribution < 1.29 is 14.6 Å². The predicted octanol–water partition coefficient (Wildman–Crippen LogP) is 5.47. The van der Waals surface area contributed by atoms with Crippen molar-refractivity contribution in [2.24, 2.45) is 5.92 Å². The van der Waals surface area contributed by atoms with E-state index in [9.17, 15) is 5.11 Å². The number of aliphatic hydroxyl groups excluding tert-OH is 1. The molecule has 0 aliphatic rings. The van der Waals surface area contributed by atoms with Crippen molar-refractivity contribution in [2.45, 2.75) is 52.7 Å². The lowest BCUT2D eigenvalue weighted by molar-refractivity contribution is 0.160. The molecule has 30 heavy (non-hydrogen) atoms. The Kier molecular flexibility index (Phi) is 7.46. The van der Waals surface area contributed by atoms with Crippen LogP contribution in [0.3, 0.4) is 0 Å². The Morgan fingerprint density at radius 3 is 2.60 bits per heavy atom. The molecule has 2 aromatic carbocycles. The summed E-state index contributed by atoms with van der Waals surface area (Å²) in [6.07, 6.45) is 4.70. The summed E-state index contributed by atoms with van der Waals surface area (Å²) >= 11 is 0. The highest BCUT2D eigenvalue weighted by Gasteiger charge is 2.17. The Morgan fingerprint density at radius 1 is 1.07 bits per heavy atom. The van der Waals surface area contributed by atoms with Crippen molar-refractivity contribution in [3.05, 3.63) is 48.3 Å². The second kappa shape index (κ2) is 10.3. The van der Waals surface area contributed by atoms with E-state index < -0.39 is 0 Å². The van der Waals surface area contributed by atoms with Gasteiger partial charge in [-0.2, -0.15) is 0 Å². The van der Waals surface area contributed by atoms with Crippen molar-refractivity contribution >= 4 is 22.4 Å². The number of aromatic nitrogens is 2. The summed E-state index contributed by atoms with van der Waals surface area (Å²) in [5, 5.41) is 13.6. The summed E-state index contributed by atoms with van der Waals surface area (Å²) in [5.74, 6) is 2.64. The van der Waals surface area contributed by atoms with E-state index in [-0.39, 0.29) is 12.7 Å². The van der Waals surface area contributed by atoms with Crippen LogP contribution in [0.1, 0.15) is 45.6 Å². The predicted molar refractivity (Wildman–Crippen MR) is 121 cm³/mol. The van der Waals surface area contributed by atoms with Crippen LogP contribution in [0.2, 0.25) is 0 Å². The van der Waals surface area contributed by atoms with E-state index in [2.05, 4.69) is 36.1 Å². The molecule has 3 aromatic rings. The van der Waals surface area contributed by atoms with Gasteiger partial charge in [0, 0.05) is 17.1 Å². The van der Waals surface area contributed by atoms with Crippen molar-refractivity contribution in [3.8, 4) is 11.5 Å². The van der Waals surface area contributed by atoms with Crippen LogP contribution < -0.4 is 14.8 Å². The number of anilines is 2. The van der Waals surface area contributed by atoms with Crippen LogP contribution in [0, 0.1) is 5.92 Å². The van der Waals surface area contributed by atoms with Gasteiger partial charge in [0.25, 0.3) is 0 Å². The number of hydrogen-bond acceptors (Lipinski definition) is 6. The SMILES string of the molecule is CCC(C)CC(CC)Oc1cc2c(Nc3cccc(CO)c3)ncnc2cc1OC. The van der Waals surface area contributed by atoms with Gasteiger partial charge in [0.2, 0.25) is 0 Å². The van der Waals surface area contributed by atoms with Crippen LogP contribution in [0.15, 0.2) is 42.7 Å². The summed E-state index contributed by atoms with van der Waals surface area (Å²) in [6.45, 7) is 6.59. The highest BCUT2D eigenvalue weighted by atomic mass is 16.5. The minimum absolute atomic E-state index is 0.0101. The quantitative estimate of drug-likeness (QED) is 0.462. The minimum atomic E-state index is -0.0101. The molecular weight excluding hydrogens is 378 g/mol. The molecule has 0 amide bonds. The van der Waals surface area contributed by atoms with Gasteiger partial charge in [-0.25, -0.2) is 9.97 Å². The van der Waals surface area contributed by atoms with Gasteiger partial charge >= 0.3 is 0 Å². The topological polar surface area (TPSA) is 76.5 Å². The van der Waals surface area contributed by atoms with Crippen LogP contribution in [0.5, 0.6) is 11.5 Å². The second-order valence-electron chi connectivity index (χ2n) is 7.62. The number of ether oxygens (including phenoxy) is 2. The molecule has 2 unspecified atom stereocenters. The Morgan fingerprint density at radius 2 is 1.90 bits per heavy atom. The van der Waals surface area contributed by atoms with Crippen molar-refractivity contribution in [2.75, 3.05) is 12.4 Å². The van der Waals surface area contributed by atoms with Crippen molar-refractivity contribution in [1.82, 2.24) is 9.97 Å². The van der Waals surface area contributed by atoms with Crippen molar-refractivity contribution in [3.63, 3.8) is 0 Å². The van der Waals surface area contributed by atoms with Gasteiger partial charge in [0.15, 0.2) is 11.5 Å². The number of methoxy groups -OCH3 is 1. The number of fused-ring (bicyclic) bond motifs is 1. The van der Waals surface area contributed by atoms with Crippen LogP contribution in [-0.2, 0) is 6.61 Å². The van der Waals surface area contributed by atoms with E-state index >= 15 is 0 Å². The maximum atomic E-state index is 9.40. The summed E-state index contributed by atoms with van der Waals surface area (Å²) in [6, 6.07) is 11.4. The molecule has 0 aliphatic heterocycles. The van der Waals surface area contributed by atoms with E-state index in [1.54, 1.807) is 7.11 Å². The Labute approximate surface area is 178 Å². The first-order valence-corrected chi connectivity index (χ1v) is 10.5. The molecule has 160 valence electrons. The number of hydrogen-bond donors (Lipinski definition) is 2. The Bertz CT molecular complexity index is 977. The first-order chi connectivity index (χ1) is 14.6. The molecule has 6 nitrogen and oxygen atoms in total. The third-order valence-electron chi connectivity index (χ3n) is 5.40. The number of nitrogens with one attached hydrogen (secondary N) is 1. The lowest BCUT2D eigenvalue weighted by Gasteiger charge is -2.22. The fourth-order valence-electron chi connectivity index (χ4n) is 3.39. The molecule has 3 rings (SSSR count). The summed E-state index contributed by atoms with van der Waals surface area (Å²) < 4.78 is 12.0. The average molecular weight is 410 g/mol. The standard InChI is InChI=1S/C24H31N3O3/c1-5-16(3)10-19(6-2)30-23-12-20-21(13-22(23)29-4)25-15-26-24(20)27-18-9-7-8-17(11-18)14-28/h7-9,11-13,15-16,19,28H,5-6,10,14H2,1-4H3,(H,25,26,27). The Balaban J connectivity index is 1.96. The number of rotatable bonds is 10. The normalized spacial score (nSPS) is 13.1. The molecule has 6 heteroatoms. The molecule has 2 N–H and O–H groups in total. The van der Waals surface area contributed by atoms with E-state index in [1.807, 2.05) is 36.4 Å². The molecule has 0 saturated carbocycles. The first kappa shape index (κ1) is 21.8. The zero-order chi connectivity index (χ0) is 21.5. The molecule has 2 atom stereocenters. The van der Waals surface area contributed by atoms with Gasteiger partial charge in [-0.05, 0) is 42.5 Å². The van der Waals surface area contributed by atoms with E-state index in [0.717, 1.165) is 41.4 Å². The van der Waals surface area contributed by atoms with Gasteiger partial charge in [0.05, 0.1) is 25.3 Å². The molecule has 1 heterocycles. The molecule has 0 radical (unpaired) electrons.